The topological polar surface area (TPSA) is 60.6 Å². The zero-order chi connectivity index (χ0) is 19.8. The summed E-state index contributed by atoms with van der Waals surface area (Å²) in [5.41, 5.74) is 6.00. The monoisotopic (exact) mass is 389 g/mol. The van der Waals surface area contributed by atoms with Crippen LogP contribution in [0.1, 0.15) is 51.5 Å². The van der Waals surface area contributed by atoms with Gasteiger partial charge in [-0.2, -0.15) is 0 Å². The Morgan fingerprint density at radius 3 is 2.48 bits per heavy atom. The Hall–Kier alpha value is -0.985. The molecule has 1 atom stereocenters. The van der Waals surface area contributed by atoms with Gasteiger partial charge in [-0.1, -0.05) is 6.07 Å². The second-order valence-electron chi connectivity index (χ2n) is 8.47. The molecule has 148 valence electrons. The zero-order valence-corrected chi connectivity index (χ0v) is 18.2. The number of likely N-dealkylation sites (N-methyl/N-ethyl adjacent to an activating group) is 1. The standard InChI is InChI=1S/C19H27BN2O2S.CH5N/c1-18(2)19(3,4)24-20(23-18)14-8-9-16-15(11-14)21-17(25-16)13-7-6-10-22(5)12-13;1-2/h8-9,11,13H,6-7,10,12H2,1-5H3;2H2,1H3/t13-;/m1./s1. The predicted molar refractivity (Wildman–Crippen MR) is 115 cm³/mol. The second kappa shape index (κ2) is 7.80. The van der Waals surface area contributed by atoms with Crippen molar-refractivity contribution < 1.29 is 9.31 Å². The molecule has 2 N–H and O–H groups in total. The molecular formula is C20H32BN3O2S. The normalized spacial score (nSPS) is 24.7. The van der Waals surface area contributed by atoms with Crippen molar-refractivity contribution >= 4 is 34.1 Å². The molecule has 27 heavy (non-hydrogen) atoms. The maximum absolute atomic E-state index is 6.18. The number of nitrogens with zero attached hydrogens (tertiary/aromatic N) is 2. The molecule has 1 aromatic heterocycles. The highest BCUT2D eigenvalue weighted by atomic mass is 32.1. The first-order valence-corrected chi connectivity index (χ1v) is 10.6. The summed E-state index contributed by atoms with van der Waals surface area (Å²) in [6.07, 6.45) is 2.50. The largest absolute Gasteiger partial charge is 0.494 e. The third kappa shape index (κ3) is 4.08. The lowest BCUT2D eigenvalue weighted by molar-refractivity contribution is 0.00578. The van der Waals surface area contributed by atoms with Gasteiger partial charge in [0.2, 0.25) is 0 Å². The number of rotatable bonds is 2. The number of nitrogens with two attached hydrogens (primary N) is 1. The van der Waals surface area contributed by atoms with E-state index < -0.39 is 0 Å². The van der Waals surface area contributed by atoms with Gasteiger partial charge in [-0.25, -0.2) is 4.98 Å². The molecule has 2 aliphatic heterocycles. The first-order valence-electron chi connectivity index (χ1n) is 9.77. The molecule has 3 heterocycles. The lowest BCUT2D eigenvalue weighted by Crippen LogP contribution is -2.41. The molecule has 0 aliphatic carbocycles. The minimum Gasteiger partial charge on any atom is -0.399 e. The molecule has 0 saturated carbocycles. The SMILES string of the molecule is CN.CN1CCC[C@@H](c2nc3cc(B4OC(C)(C)C(C)(C)O4)ccc3s2)C1. The van der Waals surface area contributed by atoms with Crippen LogP contribution in [-0.4, -0.2) is 55.4 Å². The average molecular weight is 389 g/mol. The van der Waals surface area contributed by atoms with Gasteiger partial charge in [-0.05, 0) is 78.8 Å². The molecule has 1 aromatic carbocycles. The van der Waals surface area contributed by atoms with Crippen molar-refractivity contribution in [1.29, 1.82) is 0 Å². The van der Waals surface area contributed by atoms with E-state index in [1.165, 1.54) is 36.1 Å². The van der Waals surface area contributed by atoms with Crippen LogP contribution in [0, 0.1) is 0 Å². The van der Waals surface area contributed by atoms with E-state index in [0.29, 0.717) is 5.92 Å². The van der Waals surface area contributed by atoms with Crippen LogP contribution in [0.4, 0.5) is 0 Å². The Balaban J connectivity index is 0.00000102. The molecule has 0 spiro atoms. The fourth-order valence-corrected chi connectivity index (χ4v) is 4.70. The Morgan fingerprint density at radius 1 is 1.19 bits per heavy atom. The van der Waals surface area contributed by atoms with Crippen LogP contribution in [0.25, 0.3) is 10.2 Å². The third-order valence-corrected chi connectivity index (χ3v) is 7.13. The predicted octanol–water partition coefficient (Wildman–Crippen LogP) is 2.98. The number of thiazole rings is 1. The molecule has 2 aromatic rings. The molecule has 0 amide bonds. The van der Waals surface area contributed by atoms with Crippen molar-refractivity contribution in [3.8, 4) is 0 Å². The van der Waals surface area contributed by atoms with Crippen molar-refractivity contribution in [3.05, 3.63) is 23.2 Å². The minimum absolute atomic E-state index is 0.313. The van der Waals surface area contributed by atoms with E-state index in [0.717, 1.165) is 17.5 Å². The molecule has 0 unspecified atom stereocenters. The maximum Gasteiger partial charge on any atom is 0.494 e. The Bertz CT molecular complexity index is 777. The number of piperidine rings is 1. The molecule has 0 radical (unpaired) electrons. The quantitative estimate of drug-likeness (QED) is 0.801. The van der Waals surface area contributed by atoms with Gasteiger partial charge in [-0.15, -0.1) is 11.3 Å². The van der Waals surface area contributed by atoms with Crippen LogP contribution in [0.2, 0.25) is 0 Å². The summed E-state index contributed by atoms with van der Waals surface area (Å²) >= 11 is 1.84. The summed E-state index contributed by atoms with van der Waals surface area (Å²) < 4.78 is 13.6. The van der Waals surface area contributed by atoms with Crippen molar-refractivity contribution in [1.82, 2.24) is 9.88 Å². The average Bonchev–Trinajstić information content (AvgIpc) is 3.14. The van der Waals surface area contributed by atoms with Gasteiger partial charge in [0.1, 0.15) is 0 Å². The fourth-order valence-electron chi connectivity index (χ4n) is 3.63. The Morgan fingerprint density at radius 2 is 1.85 bits per heavy atom. The summed E-state index contributed by atoms with van der Waals surface area (Å²) in [6.45, 7) is 10.7. The number of aromatic nitrogens is 1. The van der Waals surface area contributed by atoms with Gasteiger partial charge in [0, 0.05) is 12.5 Å². The van der Waals surface area contributed by atoms with Gasteiger partial charge in [0.05, 0.1) is 26.4 Å². The van der Waals surface area contributed by atoms with E-state index in [-0.39, 0.29) is 18.3 Å². The first-order chi connectivity index (χ1) is 12.7. The van der Waals surface area contributed by atoms with Crippen molar-refractivity contribution in [2.24, 2.45) is 5.73 Å². The lowest BCUT2D eigenvalue weighted by Gasteiger charge is -2.32. The van der Waals surface area contributed by atoms with E-state index in [4.69, 9.17) is 14.3 Å². The molecule has 0 bridgehead atoms. The summed E-state index contributed by atoms with van der Waals surface area (Å²) in [5, 5.41) is 1.27. The van der Waals surface area contributed by atoms with Crippen molar-refractivity contribution in [2.45, 2.75) is 57.7 Å². The number of hydrogen-bond acceptors (Lipinski definition) is 6. The lowest BCUT2D eigenvalue weighted by atomic mass is 9.79. The minimum atomic E-state index is -0.319. The van der Waals surface area contributed by atoms with Crippen molar-refractivity contribution in [3.63, 3.8) is 0 Å². The molecule has 2 aliphatic rings. The third-order valence-electron chi connectivity index (χ3n) is 5.93. The van der Waals surface area contributed by atoms with Crippen LogP contribution in [0.5, 0.6) is 0 Å². The van der Waals surface area contributed by atoms with Crippen LogP contribution < -0.4 is 11.2 Å². The van der Waals surface area contributed by atoms with Crippen molar-refractivity contribution in [2.75, 3.05) is 27.2 Å². The molecule has 5 nitrogen and oxygen atoms in total. The van der Waals surface area contributed by atoms with E-state index in [1.807, 2.05) is 11.3 Å². The second-order valence-corrected chi connectivity index (χ2v) is 9.53. The zero-order valence-electron chi connectivity index (χ0n) is 17.4. The number of fused-ring (bicyclic) bond motifs is 1. The summed E-state index contributed by atoms with van der Waals surface area (Å²) in [4.78, 5) is 7.37. The van der Waals surface area contributed by atoms with Gasteiger partial charge in [-0.3, -0.25) is 0 Å². The van der Waals surface area contributed by atoms with Crippen LogP contribution in [0.3, 0.4) is 0 Å². The van der Waals surface area contributed by atoms with Gasteiger partial charge < -0.3 is 19.9 Å². The first kappa shape index (κ1) is 20.7. The summed E-state index contributed by atoms with van der Waals surface area (Å²) in [6, 6.07) is 6.44. The van der Waals surface area contributed by atoms with E-state index in [9.17, 15) is 0 Å². The number of likely N-dealkylation sites (tertiary alicyclic amines) is 1. The van der Waals surface area contributed by atoms with Gasteiger partial charge in [0.15, 0.2) is 0 Å². The van der Waals surface area contributed by atoms with Crippen LogP contribution in [-0.2, 0) is 9.31 Å². The summed E-state index contributed by atoms with van der Waals surface area (Å²) in [7, 11) is 3.39. The van der Waals surface area contributed by atoms with Gasteiger partial charge in [0.25, 0.3) is 0 Å². The molecule has 2 fully saturated rings. The molecular weight excluding hydrogens is 357 g/mol. The van der Waals surface area contributed by atoms with E-state index in [2.05, 4.69) is 63.6 Å². The fraction of sp³-hybridized carbons (Fsp3) is 0.650. The van der Waals surface area contributed by atoms with Crippen LogP contribution in [0.15, 0.2) is 18.2 Å². The summed E-state index contributed by atoms with van der Waals surface area (Å²) in [5.74, 6) is 0.566. The number of hydrogen-bond donors (Lipinski definition) is 1. The highest BCUT2D eigenvalue weighted by molar-refractivity contribution is 7.18. The number of benzene rings is 1. The molecule has 7 heteroatoms. The Labute approximate surface area is 167 Å². The van der Waals surface area contributed by atoms with Crippen LogP contribution >= 0.6 is 11.3 Å². The molecule has 4 rings (SSSR count). The maximum atomic E-state index is 6.18. The van der Waals surface area contributed by atoms with E-state index >= 15 is 0 Å². The highest BCUT2D eigenvalue weighted by Gasteiger charge is 2.51. The van der Waals surface area contributed by atoms with E-state index in [1.54, 1.807) is 0 Å². The highest BCUT2D eigenvalue weighted by Crippen LogP contribution is 2.37. The van der Waals surface area contributed by atoms with Gasteiger partial charge >= 0.3 is 7.12 Å². The molecule has 2 saturated heterocycles. The Kier molecular flexibility index (Phi) is 5.99. The smallest absolute Gasteiger partial charge is 0.399 e.